The Balaban J connectivity index is 0.00000289. The molecule has 1 aromatic carbocycles. The van der Waals surface area contributed by atoms with Crippen LogP contribution in [0.2, 0.25) is 0 Å². The number of rotatable bonds is 10. The molecule has 0 unspecified atom stereocenters. The van der Waals surface area contributed by atoms with Crippen LogP contribution in [0.15, 0.2) is 30.3 Å². The molecule has 2 heteroatoms. The summed E-state index contributed by atoms with van der Waals surface area (Å²) in [6.07, 6.45) is 8.89. The van der Waals surface area contributed by atoms with Crippen molar-refractivity contribution < 1.29 is 4.74 Å². The molecule has 0 amide bonds. The Bertz CT molecular complexity index is 261. The van der Waals surface area contributed by atoms with Gasteiger partial charge in [-0.1, -0.05) is 75.8 Å². The van der Waals surface area contributed by atoms with E-state index in [9.17, 15) is 0 Å². The lowest BCUT2D eigenvalue weighted by molar-refractivity contribution is 0.116. The summed E-state index contributed by atoms with van der Waals surface area (Å²) in [4.78, 5) is 0. The van der Waals surface area contributed by atoms with Crippen molar-refractivity contribution in [2.75, 3.05) is 6.61 Å². The van der Waals surface area contributed by atoms with Crippen molar-refractivity contribution in [1.82, 2.24) is 0 Å². The summed E-state index contributed by atoms with van der Waals surface area (Å²) in [6.45, 7) is 5.50. The second-order valence-electron chi connectivity index (χ2n) is 4.51. The number of benzene rings is 1. The molecule has 0 fully saturated rings. The second-order valence-corrected chi connectivity index (χ2v) is 4.51. The van der Waals surface area contributed by atoms with Gasteiger partial charge in [0.15, 0.2) is 0 Å². The van der Waals surface area contributed by atoms with Gasteiger partial charge in [0.25, 0.3) is 0 Å². The highest BCUT2D eigenvalue weighted by Crippen LogP contribution is 2.07. The zero-order valence-corrected chi connectivity index (χ0v) is 10.9. The van der Waals surface area contributed by atoms with E-state index in [1.807, 2.05) is 6.07 Å². The Morgan fingerprint density at radius 2 is 1.44 bits per heavy atom. The highest BCUT2D eigenvalue weighted by atomic mass is 24.3. The lowest BCUT2D eigenvalue weighted by Gasteiger charge is -2.04. The van der Waals surface area contributed by atoms with E-state index in [1.165, 1.54) is 44.1 Å². The maximum absolute atomic E-state index is 5.64. The zero-order valence-electron chi connectivity index (χ0n) is 10.9. The predicted octanol–water partition coefficient (Wildman–Crippen LogP) is 3.85. The fourth-order valence-electron chi connectivity index (χ4n) is 1.85. The third-order valence-electron chi connectivity index (χ3n) is 2.90. The van der Waals surface area contributed by atoms with E-state index < -0.39 is 0 Å². The maximum atomic E-state index is 5.64. The normalized spacial score (nSPS) is 10.1. The lowest BCUT2D eigenvalue weighted by Crippen LogP contribution is -1.95. The molecule has 18 heavy (non-hydrogen) atoms. The largest absolute Gasteiger partial charge is 0.377 e. The number of hydrogen-bond acceptors (Lipinski definition) is 1. The van der Waals surface area contributed by atoms with Crippen LogP contribution in [0.25, 0.3) is 0 Å². The fraction of sp³-hybridized carbons (Fsp3) is 0.562. The minimum atomic E-state index is 0. The van der Waals surface area contributed by atoms with Crippen molar-refractivity contribution in [3.05, 3.63) is 42.8 Å². The molecule has 0 saturated carbocycles. The molecule has 0 spiro atoms. The van der Waals surface area contributed by atoms with E-state index in [-0.39, 0.29) is 23.1 Å². The summed E-state index contributed by atoms with van der Waals surface area (Å²) < 4.78 is 5.64. The van der Waals surface area contributed by atoms with Gasteiger partial charge < -0.3 is 4.74 Å². The molecule has 0 aromatic heterocycles. The molecule has 0 atom stereocenters. The summed E-state index contributed by atoms with van der Waals surface area (Å²) in [5.74, 6) is 0. The maximum Gasteiger partial charge on any atom is 0.316 e. The number of hydrogen-bond donors (Lipinski definition) is 0. The third kappa shape index (κ3) is 9.92. The Hall–Kier alpha value is -0.0538. The molecule has 0 aliphatic heterocycles. The summed E-state index contributed by atoms with van der Waals surface area (Å²) in [6, 6.07) is 10.4. The van der Waals surface area contributed by atoms with E-state index >= 15 is 0 Å². The highest BCUT2D eigenvalue weighted by Gasteiger charge is 1.93. The average molecular weight is 260 g/mol. The van der Waals surface area contributed by atoms with E-state index in [0.717, 1.165) is 19.6 Å². The van der Waals surface area contributed by atoms with E-state index in [1.54, 1.807) is 0 Å². The molecule has 0 saturated heterocycles. The van der Waals surface area contributed by atoms with Gasteiger partial charge in [-0.3, -0.25) is 0 Å². The first kappa shape index (κ1) is 17.9. The monoisotopic (exact) mass is 259 g/mol. The molecular weight excluding hydrogens is 232 g/mol. The third-order valence-corrected chi connectivity index (χ3v) is 2.90. The van der Waals surface area contributed by atoms with Crippen molar-refractivity contribution in [3.63, 3.8) is 0 Å². The van der Waals surface area contributed by atoms with Crippen LogP contribution in [-0.2, 0) is 11.3 Å². The van der Waals surface area contributed by atoms with Crippen LogP contribution in [0.1, 0.15) is 50.5 Å². The predicted molar refractivity (Wildman–Crippen MR) is 82.3 cm³/mol. The quantitative estimate of drug-likeness (QED) is 0.458. The Morgan fingerprint density at radius 1 is 0.833 bits per heavy atom. The zero-order chi connectivity index (χ0) is 12.2. The molecule has 1 rings (SSSR count). The molecule has 1 aromatic rings. The van der Waals surface area contributed by atoms with Crippen LogP contribution in [0.3, 0.4) is 0 Å². The SMILES string of the molecule is [CH2]CCCCCCCCOCc1ccccc1.[MgH2]. The van der Waals surface area contributed by atoms with Gasteiger partial charge in [-0.2, -0.15) is 0 Å². The molecular formula is C16H27MgO. The molecule has 0 aliphatic carbocycles. The summed E-state index contributed by atoms with van der Waals surface area (Å²) >= 11 is 0. The standard InChI is InChI=1S/C16H25O.Mg.2H/c1-2-3-4-5-6-7-11-14-17-15-16-12-9-8-10-13-16;;;/h8-10,12-13H,1-7,11,14-15H2;;;. The van der Waals surface area contributed by atoms with Gasteiger partial charge in [0.05, 0.1) is 6.61 Å². The minimum Gasteiger partial charge on any atom is -0.377 e. The fourth-order valence-corrected chi connectivity index (χ4v) is 1.85. The average Bonchev–Trinajstić information content (AvgIpc) is 2.38. The van der Waals surface area contributed by atoms with Crippen LogP contribution < -0.4 is 0 Å². The van der Waals surface area contributed by atoms with Crippen molar-refractivity contribution in [1.29, 1.82) is 0 Å². The Labute approximate surface area is 128 Å². The van der Waals surface area contributed by atoms with Gasteiger partial charge in [0.2, 0.25) is 0 Å². The summed E-state index contributed by atoms with van der Waals surface area (Å²) in [5, 5.41) is 0. The van der Waals surface area contributed by atoms with Crippen LogP contribution in [-0.4, -0.2) is 29.7 Å². The van der Waals surface area contributed by atoms with Crippen LogP contribution >= 0.6 is 0 Å². The van der Waals surface area contributed by atoms with Gasteiger partial charge in [-0.15, -0.1) is 0 Å². The van der Waals surface area contributed by atoms with Gasteiger partial charge in [-0.25, -0.2) is 0 Å². The van der Waals surface area contributed by atoms with Gasteiger partial charge in [0.1, 0.15) is 0 Å². The van der Waals surface area contributed by atoms with Crippen molar-refractivity contribution in [3.8, 4) is 0 Å². The van der Waals surface area contributed by atoms with Crippen LogP contribution in [0.5, 0.6) is 0 Å². The molecule has 1 radical (unpaired) electrons. The van der Waals surface area contributed by atoms with Crippen LogP contribution in [0.4, 0.5) is 0 Å². The highest BCUT2D eigenvalue weighted by molar-refractivity contribution is 5.75. The molecule has 0 bridgehead atoms. The molecule has 0 aliphatic rings. The van der Waals surface area contributed by atoms with E-state index in [2.05, 4.69) is 31.2 Å². The Kier molecular flexibility index (Phi) is 13.3. The summed E-state index contributed by atoms with van der Waals surface area (Å²) in [5.41, 5.74) is 1.27. The Morgan fingerprint density at radius 3 is 2.11 bits per heavy atom. The first-order chi connectivity index (χ1) is 8.43. The smallest absolute Gasteiger partial charge is 0.316 e. The molecule has 1 nitrogen and oxygen atoms in total. The minimum absolute atomic E-state index is 0. The van der Waals surface area contributed by atoms with E-state index in [0.29, 0.717) is 0 Å². The lowest BCUT2D eigenvalue weighted by atomic mass is 10.1. The van der Waals surface area contributed by atoms with Crippen LogP contribution in [0, 0.1) is 6.92 Å². The second kappa shape index (κ2) is 13.4. The first-order valence-electron chi connectivity index (χ1n) is 6.84. The van der Waals surface area contributed by atoms with Crippen molar-refractivity contribution in [2.45, 2.75) is 51.6 Å². The number of ether oxygens (including phenoxy) is 1. The number of unbranched alkanes of at least 4 members (excludes halogenated alkanes) is 6. The first-order valence-corrected chi connectivity index (χ1v) is 6.84. The molecule has 0 N–H and O–H groups in total. The summed E-state index contributed by atoms with van der Waals surface area (Å²) in [7, 11) is 0. The van der Waals surface area contributed by atoms with Gasteiger partial charge >= 0.3 is 23.1 Å². The van der Waals surface area contributed by atoms with E-state index in [4.69, 9.17) is 4.74 Å². The van der Waals surface area contributed by atoms with Crippen molar-refractivity contribution >= 4 is 23.1 Å². The van der Waals surface area contributed by atoms with Gasteiger partial charge in [-0.05, 0) is 12.0 Å². The molecule has 0 heterocycles. The van der Waals surface area contributed by atoms with Crippen molar-refractivity contribution in [2.24, 2.45) is 0 Å². The van der Waals surface area contributed by atoms with Gasteiger partial charge in [0, 0.05) is 6.61 Å². The molecule has 99 valence electrons. The topological polar surface area (TPSA) is 9.23 Å².